The van der Waals surface area contributed by atoms with Crippen LogP contribution in [0, 0.1) is 0 Å². The fraction of sp³-hybridized carbons (Fsp3) is 0.455. The van der Waals surface area contributed by atoms with Crippen molar-refractivity contribution in [3.8, 4) is 0 Å². The molecule has 0 aliphatic heterocycles. The number of allylic oxidation sites excluding steroid dienone is 5. The molecule has 3 rings (SSSR count). The minimum atomic E-state index is -0.820. The van der Waals surface area contributed by atoms with Crippen LogP contribution in [-0.4, -0.2) is 12.3 Å². The van der Waals surface area contributed by atoms with Gasteiger partial charge in [-0.2, -0.15) is 0 Å². The van der Waals surface area contributed by atoms with E-state index < -0.39 is 22.9 Å². The van der Waals surface area contributed by atoms with Gasteiger partial charge in [-0.05, 0) is 0 Å². The first-order chi connectivity index (χ1) is 11.8. The largest absolute Gasteiger partial charge is 1.00 e. The predicted molar refractivity (Wildman–Crippen MR) is 105 cm³/mol. The molecule has 26 heavy (non-hydrogen) atoms. The van der Waals surface area contributed by atoms with Crippen LogP contribution in [0.4, 0.5) is 0 Å². The van der Waals surface area contributed by atoms with Gasteiger partial charge in [0.05, 0.1) is 0 Å². The Balaban J connectivity index is 0.00000169. The maximum atomic E-state index is 2.62. The molecule has 1 aromatic rings. The monoisotopic (exact) mass is 574 g/mol. The van der Waals surface area contributed by atoms with E-state index >= 15 is 0 Å². The van der Waals surface area contributed by atoms with Crippen molar-refractivity contribution < 1.29 is 47.7 Å². The summed E-state index contributed by atoms with van der Waals surface area (Å²) in [6.07, 6.45) is 19.4. The van der Waals surface area contributed by atoms with Gasteiger partial charge in [-0.1, -0.05) is 0 Å². The summed E-state index contributed by atoms with van der Waals surface area (Å²) in [4.78, 5) is 0. The standard InChI is InChI=1S/C17H24P.C5H5.2ClH.Hf/c1-3-5-11-18(12-6-4-2)17-13-15-9-7-8-10-16(15)14-17;1-2-4-5-3-1;;;/h7-10,13-14H,3-6,11-12H2,1-2H3;1-3H,4H2;2*1H;/q;;;;+2/p-2. The van der Waals surface area contributed by atoms with E-state index in [2.05, 4.69) is 62.4 Å². The second-order valence-corrected chi connectivity index (χ2v) is 14.7. The molecular formula is C22H29Cl2HfP. The molecule has 0 heterocycles. The molecule has 0 nitrogen and oxygen atoms in total. The predicted octanol–water partition coefficient (Wildman–Crippen LogP) is 1.10. The molecule has 0 fully saturated rings. The fourth-order valence-corrected chi connectivity index (χ4v) is 14.2. The van der Waals surface area contributed by atoms with Gasteiger partial charge in [-0.15, -0.1) is 0 Å². The summed E-state index contributed by atoms with van der Waals surface area (Å²) >= 11 is -0.820. The average Bonchev–Trinajstić information content (AvgIpc) is 3.24. The van der Waals surface area contributed by atoms with Crippen molar-refractivity contribution in [2.24, 2.45) is 0 Å². The summed E-state index contributed by atoms with van der Waals surface area (Å²) in [7, 11) is 0.0827. The summed E-state index contributed by atoms with van der Waals surface area (Å²) in [5, 5.41) is 1.88. The maximum Gasteiger partial charge on any atom is -1.00 e. The van der Waals surface area contributed by atoms with Gasteiger partial charge < -0.3 is 24.8 Å². The Morgan fingerprint density at radius 3 is 2.35 bits per heavy atom. The number of hydrogen-bond acceptors (Lipinski definition) is 0. The Kier molecular flexibility index (Phi) is 11.9. The first kappa shape index (κ1) is 24.4. The second-order valence-electron chi connectivity index (χ2n) is 6.79. The Morgan fingerprint density at radius 1 is 1.04 bits per heavy atom. The van der Waals surface area contributed by atoms with E-state index in [1.807, 2.05) is 8.64 Å². The van der Waals surface area contributed by atoms with Gasteiger partial charge in [0.1, 0.15) is 0 Å². The first-order valence-electron chi connectivity index (χ1n) is 9.51. The van der Waals surface area contributed by atoms with Crippen LogP contribution in [0.3, 0.4) is 0 Å². The zero-order chi connectivity index (χ0) is 16.8. The maximum absolute atomic E-state index is 2.62. The number of halogens is 2. The minimum absolute atomic E-state index is 0. The van der Waals surface area contributed by atoms with Crippen LogP contribution >= 0.6 is 7.92 Å². The molecule has 2 aliphatic rings. The summed E-state index contributed by atoms with van der Waals surface area (Å²) in [6, 6.07) is 9.26. The van der Waals surface area contributed by atoms with Crippen LogP contribution in [0.1, 0.15) is 60.8 Å². The zero-order valence-corrected chi connectivity index (χ0v) is 21.8. The SMILES string of the molecule is CCCCP(CCCC)C1=Cc2ccccc2[CH]1[Hf+2][C]1=CC=CC1.[Cl-].[Cl-]. The topological polar surface area (TPSA) is 0 Å². The van der Waals surface area contributed by atoms with E-state index in [1.54, 1.807) is 5.56 Å². The van der Waals surface area contributed by atoms with Crippen molar-refractivity contribution in [3.63, 3.8) is 0 Å². The Morgan fingerprint density at radius 2 is 1.73 bits per heavy atom. The molecule has 0 spiro atoms. The van der Waals surface area contributed by atoms with Crippen molar-refractivity contribution in [2.75, 3.05) is 12.3 Å². The van der Waals surface area contributed by atoms with E-state index in [4.69, 9.17) is 0 Å². The van der Waals surface area contributed by atoms with Crippen molar-refractivity contribution in [1.29, 1.82) is 0 Å². The van der Waals surface area contributed by atoms with Crippen LogP contribution in [-0.2, 0) is 22.9 Å². The molecule has 0 radical (unpaired) electrons. The molecule has 0 saturated heterocycles. The molecule has 1 unspecified atom stereocenters. The molecule has 0 aromatic heterocycles. The third-order valence-corrected chi connectivity index (χ3v) is 14.6. The fourth-order valence-electron chi connectivity index (χ4n) is 3.54. The number of benzene rings is 1. The molecule has 1 aromatic carbocycles. The first-order valence-corrected chi connectivity index (χ1v) is 15.1. The van der Waals surface area contributed by atoms with Crippen molar-refractivity contribution >= 4 is 14.0 Å². The molecule has 2 aliphatic carbocycles. The van der Waals surface area contributed by atoms with Crippen LogP contribution in [0.15, 0.2) is 51.1 Å². The summed E-state index contributed by atoms with van der Waals surface area (Å²) in [5.74, 6) is 0. The summed E-state index contributed by atoms with van der Waals surface area (Å²) < 4.78 is 2.65. The van der Waals surface area contributed by atoms with E-state index in [9.17, 15) is 0 Å². The zero-order valence-electron chi connectivity index (χ0n) is 15.8. The number of hydrogen-bond donors (Lipinski definition) is 0. The van der Waals surface area contributed by atoms with Gasteiger partial charge in [0.25, 0.3) is 0 Å². The van der Waals surface area contributed by atoms with E-state index in [1.165, 1.54) is 50.0 Å². The molecule has 0 N–H and O–H groups in total. The molecule has 0 amide bonds. The van der Waals surface area contributed by atoms with Crippen LogP contribution < -0.4 is 24.8 Å². The molecule has 1 atom stereocenters. The second kappa shape index (κ2) is 12.7. The smallest absolute Gasteiger partial charge is 1.00 e. The molecule has 0 saturated carbocycles. The Bertz CT molecular complexity index is 643. The quantitative estimate of drug-likeness (QED) is 0.307. The Labute approximate surface area is 184 Å². The summed E-state index contributed by atoms with van der Waals surface area (Å²) in [5.41, 5.74) is 3.21. The van der Waals surface area contributed by atoms with Crippen LogP contribution in [0.2, 0.25) is 0 Å². The third kappa shape index (κ3) is 6.16. The van der Waals surface area contributed by atoms with Gasteiger partial charge in [0.2, 0.25) is 0 Å². The van der Waals surface area contributed by atoms with Crippen molar-refractivity contribution in [3.05, 3.63) is 62.3 Å². The number of rotatable bonds is 9. The van der Waals surface area contributed by atoms with E-state index in [0.29, 0.717) is 0 Å². The normalized spacial score (nSPS) is 17.1. The van der Waals surface area contributed by atoms with E-state index in [0.717, 1.165) is 3.67 Å². The van der Waals surface area contributed by atoms with Crippen molar-refractivity contribution in [1.82, 2.24) is 0 Å². The molecule has 140 valence electrons. The number of unbranched alkanes of at least 4 members (excludes halogenated alkanes) is 2. The van der Waals surface area contributed by atoms with Gasteiger partial charge in [0, 0.05) is 0 Å². The van der Waals surface area contributed by atoms with Gasteiger partial charge in [0.15, 0.2) is 0 Å². The van der Waals surface area contributed by atoms with Gasteiger partial charge >= 0.3 is 161 Å². The van der Waals surface area contributed by atoms with Crippen LogP contribution in [0.5, 0.6) is 0 Å². The average molecular weight is 574 g/mol. The van der Waals surface area contributed by atoms with Crippen LogP contribution in [0.25, 0.3) is 6.08 Å². The Hall–Kier alpha value is 0.320. The van der Waals surface area contributed by atoms with E-state index in [-0.39, 0.29) is 32.7 Å². The molecular weight excluding hydrogens is 545 g/mol. The number of fused-ring (bicyclic) bond motifs is 1. The molecule has 0 bridgehead atoms. The third-order valence-electron chi connectivity index (χ3n) is 4.94. The van der Waals surface area contributed by atoms with Gasteiger partial charge in [-0.3, -0.25) is 0 Å². The molecule has 4 heteroatoms. The minimum Gasteiger partial charge on any atom is -1.00 e. The van der Waals surface area contributed by atoms with Crippen molar-refractivity contribution in [2.45, 2.75) is 49.6 Å². The summed E-state index contributed by atoms with van der Waals surface area (Å²) in [6.45, 7) is 4.69. The van der Waals surface area contributed by atoms with Gasteiger partial charge in [-0.25, -0.2) is 0 Å².